The monoisotopic (exact) mass is 311 g/mol. The maximum atomic E-state index is 5.41. The number of hydrogen-bond donors (Lipinski definition) is 1. The van der Waals surface area contributed by atoms with Crippen molar-refractivity contribution in [1.29, 1.82) is 0 Å². The van der Waals surface area contributed by atoms with Gasteiger partial charge in [0.25, 0.3) is 0 Å². The molecule has 1 aliphatic heterocycles. The molecule has 0 saturated carbocycles. The number of aromatic nitrogens is 2. The summed E-state index contributed by atoms with van der Waals surface area (Å²) in [5.41, 5.74) is 1.18. The molecule has 1 aliphatic rings. The summed E-state index contributed by atoms with van der Waals surface area (Å²) in [7, 11) is 0. The number of nitrogens with one attached hydrogen (secondary N) is 1. The van der Waals surface area contributed by atoms with Crippen molar-refractivity contribution in [2.24, 2.45) is 0 Å². The molecule has 0 radical (unpaired) electrons. The van der Waals surface area contributed by atoms with Crippen molar-refractivity contribution < 1.29 is 9.47 Å². The van der Waals surface area contributed by atoms with Crippen molar-refractivity contribution in [2.45, 2.75) is 6.42 Å². The van der Waals surface area contributed by atoms with Gasteiger partial charge in [-0.25, -0.2) is 9.97 Å². The molecule has 0 spiro atoms. The van der Waals surface area contributed by atoms with E-state index in [4.69, 9.17) is 9.47 Å². The molecule has 0 saturated heterocycles. The number of thiazole rings is 1. The first-order valence-corrected chi connectivity index (χ1v) is 7.70. The van der Waals surface area contributed by atoms with Crippen LogP contribution >= 0.6 is 11.3 Å². The van der Waals surface area contributed by atoms with Gasteiger partial charge in [-0.15, -0.1) is 11.3 Å². The number of benzene rings is 1. The van der Waals surface area contributed by atoms with Crippen molar-refractivity contribution in [2.75, 3.05) is 12.1 Å². The van der Waals surface area contributed by atoms with Crippen molar-refractivity contribution in [1.82, 2.24) is 9.97 Å². The lowest BCUT2D eigenvalue weighted by atomic mass is 10.1. The van der Waals surface area contributed by atoms with Gasteiger partial charge in [0.05, 0.1) is 0 Å². The number of pyridine rings is 1. The molecule has 0 fully saturated rings. The fraction of sp³-hybridized carbons (Fsp3) is 0.125. The van der Waals surface area contributed by atoms with Crippen LogP contribution in [0.25, 0.3) is 0 Å². The second kappa shape index (κ2) is 5.65. The predicted octanol–water partition coefficient (Wildman–Crippen LogP) is 3.60. The van der Waals surface area contributed by atoms with Crippen LogP contribution in [0.5, 0.6) is 11.5 Å². The van der Waals surface area contributed by atoms with Crippen molar-refractivity contribution in [3.05, 3.63) is 59.2 Å². The van der Waals surface area contributed by atoms with Crippen molar-refractivity contribution in [3.8, 4) is 11.5 Å². The Balaban J connectivity index is 1.48. The van der Waals surface area contributed by atoms with E-state index in [9.17, 15) is 0 Å². The molecule has 3 aromatic rings. The highest BCUT2D eigenvalue weighted by Gasteiger charge is 2.13. The third kappa shape index (κ3) is 2.73. The van der Waals surface area contributed by atoms with Crippen LogP contribution in [-0.2, 0) is 6.42 Å². The van der Waals surface area contributed by atoms with E-state index in [-0.39, 0.29) is 0 Å². The Bertz CT molecular complexity index is 789. The normalized spacial score (nSPS) is 12.4. The molecule has 4 rings (SSSR count). The Morgan fingerprint density at radius 1 is 1.09 bits per heavy atom. The average molecular weight is 311 g/mol. The first-order valence-electron chi connectivity index (χ1n) is 6.88. The molecule has 22 heavy (non-hydrogen) atoms. The Labute approximate surface area is 131 Å². The van der Waals surface area contributed by atoms with Gasteiger partial charge in [-0.3, -0.25) is 0 Å². The van der Waals surface area contributed by atoms with Gasteiger partial charge in [0.1, 0.15) is 5.82 Å². The number of anilines is 2. The topological polar surface area (TPSA) is 56.3 Å². The van der Waals surface area contributed by atoms with E-state index in [1.165, 1.54) is 10.4 Å². The summed E-state index contributed by atoms with van der Waals surface area (Å²) in [4.78, 5) is 9.80. The van der Waals surface area contributed by atoms with Gasteiger partial charge in [0.2, 0.25) is 6.79 Å². The second-order valence-corrected chi connectivity index (χ2v) is 5.95. The fourth-order valence-corrected chi connectivity index (χ4v) is 3.10. The zero-order valence-corrected chi connectivity index (χ0v) is 12.5. The van der Waals surface area contributed by atoms with Crippen LogP contribution in [0.2, 0.25) is 0 Å². The van der Waals surface area contributed by atoms with E-state index in [1.54, 1.807) is 17.5 Å². The minimum Gasteiger partial charge on any atom is -0.454 e. The van der Waals surface area contributed by atoms with E-state index in [0.29, 0.717) is 6.79 Å². The molecule has 0 unspecified atom stereocenters. The van der Waals surface area contributed by atoms with Gasteiger partial charge in [0.15, 0.2) is 16.6 Å². The predicted molar refractivity (Wildman–Crippen MR) is 85.0 cm³/mol. The quantitative estimate of drug-likeness (QED) is 0.798. The third-order valence-corrected chi connectivity index (χ3v) is 4.18. The number of hydrogen-bond acceptors (Lipinski definition) is 6. The van der Waals surface area contributed by atoms with Crippen LogP contribution in [-0.4, -0.2) is 16.8 Å². The van der Waals surface area contributed by atoms with Crippen LogP contribution in [0, 0.1) is 0 Å². The highest BCUT2D eigenvalue weighted by molar-refractivity contribution is 7.15. The molecule has 1 aromatic carbocycles. The summed E-state index contributed by atoms with van der Waals surface area (Å²) in [6.07, 6.45) is 4.46. The van der Waals surface area contributed by atoms with Crippen LogP contribution < -0.4 is 14.8 Å². The largest absolute Gasteiger partial charge is 0.454 e. The van der Waals surface area contributed by atoms with E-state index >= 15 is 0 Å². The SMILES string of the molecule is c1ccc(Nc2ncc(Cc3ccc4c(c3)OCO4)s2)nc1. The van der Waals surface area contributed by atoms with Crippen LogP contribution in [0.4, 0.5) is 10.9 Å². The number of fused-ring (bicyclic) bond motifs is 1. The summed E-state index contributed by atoms with van der Waals surface area (Å²) >= 11 is 1.62. The fourth-order valence-electron chi connectivity index (χ4n) is 2.25. The molecule has 3 heterocycles. The minimum atomic E-state index is 0.303. The maximum Gasteiger partial charge on any atom is 0.231 e. The van der Waals surface area contributed by atoms with Gasteiger partial charge < -0.3 is 14.8 Å². The van der Waals surface area contributed by atoms with Gasteiger partial charge in [-0.1, -0.05) is 12.1 Å². The Kier molecular flexibility index (Phi) is 3.36. The molecule has 2 aromatic heterocycles. The first kappa shape index (κ1) is 13.1. The van der Waals surface area contributed by atoms with Crippen molar-refractivity contribution >= 4 is 22.3 Å². The lowest BCUT2D eigenvalue weighted by molar-refractivity contribution is 0.174. The molecular formula is C16H13N3O2S. The zero-order chi connectivity index (χ0) is 14.8. The number of rotatable bonds is 4. The smallest absolute Gasteiger partial charge is 0.231 e. The number of nitrogens with zero attached hydrogens (tertiary/aromatic N) is 2. The van der Waals surface area contributed by atoms with Gasteiger partial charge >= 0.3 is 0 Å². The first-order chi connectivity index (χ1) is 10.9. The van der Waals surface area contributed by atoms with Crippen LogP contribution in [0.3, 0.4) is 0 Å². The van der Waals surface area contributed by atoms with Gasteiger partial charge in [-0.2, -0.15) is 0 Å². The lowest BCUT2D eigenvalue weighted by Crippen LogP contribution is -1.92. The highest BCUT2D eigenvalue weighted by Crippen LogP contribution is 2.33. The molecule has 0 bridgehead atoms. The third-order valence-electron chi connectivity index (χ3n) is 3.27. The highest BCUT2D eigenvalue weighted by atomic mass is 32.1. The Morgan fingerprint density at radius 2 is 2.05 bits per heavy atom. The summed E-state index contributed by atoms with van der Waals surface area (Å²) in [5.74, 6) is 2.42. The summed E-state index contributed by atoms with van der Waals surface area (Å²) in [5, 5.41) is 4.05. The van der Waals surface area contributed by atoms with Gasteiger partial charge in [-0.05, 0) is 29.8 Å². The summed E-state index contributed by atoms with van der Waals surface area (Å²) in [6.45, 7) is 0.303. The molecule has 5 nitrogen and oxygen atoms in total. The minimum absolute atomic E-state index is 0.303. The summed E-state index contributed by atoms with van der Waals surface area (Å²) in [6, 6.07) is 11.8. The average Bonchev–Trinajstić information content (AvgIpc) is 3.17. The molecule has 6 heteroatoms. The molecule has 0 atom stereocenters. The van der Waals surface area contributed by atoms with E-state index < -0.39 is 0 Å². The number of ether oxygens (including phenoxy) is 2. The molecular weight excluding hydrogens is 298 g/mol. The Morgan fingerprint density at radius 3 is 2.95 bits per heavy atom. The standard InChI is InChI=1S/C16H13N3O2S/c1-2-6-17-15(3-1)19-16-18-9-12(22-16)7-11-4-5-13-14(8-11)21-10-20-13/h1-6,8-9H,7,10H2,(H,17,18,19). The summed E-state index contributed by atoms with van der Waals surface area (Å²) < 4.78 is 10.7. The van der Waals surface area contributed by atoms with Crippen LogP contribution in [0.15, 0.2) is 48.8 Å². The van der Waals surface area contributed by atoms with E-state index in [0.717, 1.165) is 28.9 Å². The molecule has 1 N–H and O–H groups in total. The second-order valence-electron chi connectivity index (χ2n) is 4.84. The van der Waals surface area contributed by atoms with Crippen molar-refractivity contribution in [3.63, 3.8) is 0 Å². The van der Waals surface area contributed by atoms with E-state index in [1.807, 2.05) is 36.5 Å². The van der Waals surface area contributed by atoms with E-state index in [2.05, 4.69) is 21.4 Å². The molecule has 0 amide bonds. The van der Waals surface area contributed by atoms with Gasteiger partial charge in [0, 0.05) is 23.7 Å². The molecule has 110 valence electrons. The lowest BCUT2D eigenvalue weighted by Gasteiger charge is -2.01. The van der Waals surface area contributed by atoms with Crippen LogP contribution in [0.1, 0.15) is 10.4 Å². The zero-order valence-electron chi connectivity index (χ0n) is 11.7. The maximum absolute atomic E-state index is 5.41. The molecule has 0 aliphatic carbocycles. The Hall–Kier alpha value is -2.60.